The van der Waals surface area contributed by atoms with Gasteiger partial charge in [-0.2, -0.15) is 0 Å². The van der Waals surface area contributed by atoms with Crippen molar-refractivity contribution in [3.63, 3.8) is 0 Å². The molecule has 0 aliphatic carbocycles. The molecule has 0 aliphatic rings. The van der Waals surface area contributed by atoms with Crippen LogP contribution in [0.4, 0.5) is 0 Å². The minimum Gasteiger partial charge on any atom is -0.508 e. The molecule has 2 nitrogen and oxygen atoms in total. The zero-order valence-corrected chi connectivity index (χ0v) is 16.0. The monoisotopic (exact) mass is 330 g/mol. The number of hydrogen-bond donors (Lipinski definition) is 2. The molecule has 1 atom stereocenters. The number of hydrogen-bond acceptors (Lipinski definition) is 2. The molecule has 0 aromatic heterocycles. The highest BCUT2D eigenvalue weighted by Crippen LogP contribution is 2.31. The van der Waals surface area contributed by atoms with E-state index in [2.05, 4.69) is 46.8 Å². The third kappa shape index (κ3) is 7.25. The summed E-state index contributed by atoms with van der Waals surface area (Å²) in [7, 11) is 0. The van der Waals surface area contributed by atoms with Gasteiger partial charge in [0, 0.05) is 5.56 Å². The molecule has 2 N–H and O–H groups in total. The first kappa shape index (κ1) is 20.3. The van der Waals surface area contributed by atoms with E-state index in [0.717, 1.165) is 37.7 Å². The summed E-state index contributed by atoms with van der Waals surface area (Å²) in [5, 5.41) is 20.6. The molecule has 0 radical (unpaired) electrons. The SMILES string of the molecule is CCCC(C)Cc1cc(O)c(C/C=C(\C)CCC=C(C)C)c(O)c1. The summed E-state index contributed by atoms with van der Waals surface area (Å²) in [5.74, 6) is 0.987. The van der Waals surface area contributed by atoms with Crippen molar-refractivity contribution in [3.05, 3.63) is 46.6 Å². The van der Waals surface area contributed by atoms with Gasteiger partial charge in [-0.25, -0.2) is 0 Å². The Kier molecular flexibility index (Phi) is 8.67. The summed E-state index contributed by atoms with van der Waals surface area (Å²) in [6.45, 7) is 10.7. The summed E-state index contributed by atoms with van der Waals surface area (Å²) in [5.41, 5.74) is 4.26. The molecule has 134 valence electrons. The minimum atomic E-state index is 0.210. The van der Waals surface area contributed by atoms with Crippen molar-refractivity contribution in [3.8, 4) is 11.5 Å². The molecule has 1 aromatic rings. The maximum atomic E-state index is 10.3. The van der Waals surface area contributed by atoms with Gasteiger partial charge in [0.25, 0.3) is 0 Å². The van der Waals surface area contributed by atoms with Crippen LogP contribution in [-0.4, -0.2) is 10.2 Å². The Hall–Kier alpha value is -1.70. The van der Waals surface area contributed by atoms with Crippen LogP contribution in [0, 0.1) is 5.92 Å². The first-order valence-electron chi connectivity index (χ1n) is 9.16. The molecule has 0 amide bonds. The third-order valence-electron chi connectivity index (χ3n) is 4.37. The van der Waals surface area contributed by atoms with Crippen LogP contribution in [-0.2, 0) is 12.8 Å². The number of aromatic hydroxyl groups is 2. The normalized spacial score (nSPS) is 13.0. The molecule has 0 saturated carbocycles. The van der Waals surface area contributed by atoms with Crippen LogP contribution in [0.3, 0.4) is 0 Å². The lowest BCUT2D eigenvalue weighted by Crippen LogP contribution is -2.00. The summed E-state index contributed by atoms with van der Waals surface area (Å²) < 4.78 is 0. The van der Waals surface area contributed by atoms with E-state index in [-0.39, 0.29) is 11.5 Å². The van der Waals surface area contributed by atoms with Gasteiger partial charge in [-0.3, -0.25) is 0 Å². The fourth-order valence-electron chi connectivity index (χ4n) is 2.99. The van der Waals surface area contributed by atoms with E-state index in [0.29, 0.717) is 17.9 Å². The molecule has 0 bridgehead atoms. The Morgan fingerprint density at radius 2 is 1.71 bits per heavy atom. The van der Waals surface area contributed by atoms with E-state index in [1.807, 2.05) is 12.1 Å². The average Bonchev–Trinajstić information content (AvgIpc) is 2.46. The van der Waals surface area contributed by atoms with Crippen LogP contribution in [0.5, 0.6) is 11.5 Å². The molecule has 0 heterocycles. The Morgan fingerprint density at radius 1 is 1.08 bits per heavy atom. The standard InChI is InChI=1S/C22H34O2/c1-6-8-18(5)13-19-14-21(23)20(22(24)15-19)12-11-17(4)10-7-9-16(2)3/h9,11,14-15,18,23-24H,6-8,10,12-13H2,1-5H3/b17-11+. The van der Waals surface area contributed by atoms with E-state index in [9.17, 15) is 10.2 Å². The lowest BCUT2D eigenvalue weighted by Gasteiger charge is -2.13. The number of rotatable bonds is 9. The van der Waals surface area contributed by atoms with Gasteiger partial charge in [-0.1, -0.05) is 50.0 Å². The van der Waals surface area contributed by atoms with Crippen LogP contribution >= 0.6 is 0 Å². The number of benzene rings is 1. The molecule has 0 aliphatic heterocycles. The molecule has 1 rings (SSSR count). The zero-order chi connectivity index (χ0) is 18.1. The average molecular weight is 331 g/mol. The highest BCUT2D eigenvalue weighted by molar-refractivity contribution is 5.47. The van der Waals surface area contributed by atoms with Gasteiger partial charge in [-0.05, 0) is 70.1 Å². The fraction of sp³-hybridized carbons (Fsp3) is 0.545. The highest BCUT2D eigenvalue weighted by atomic mass is 16.3. The summed E-state index contributed by atoms with van der Waals surface area (Å²) >= 11 is 0. The van der Waals surface area contributed by atoms with E-state index in [1.54, 1.807) is 0 Å². The first-order chi connectivity index (χ1) is 11.3. The van der Waals surface area contributed by atoms with Gasteiger partial charge in [0.1, 0.15) is 11.5 Å². The Labute approximate surface area is 147 Å². The molecule has 0 fully saturated rings. The van der Waals surface area contributed by atoms with Crippen molar-refractivity contribution in [2.75, 3.05) is 0 Å². The van der Waals surface area contributed by atoms with E-state index in [1.165, 1.54) is 11.1 Å². The molecule has 2 heteroatoms. The van der Waals surface area contributed by atoms with E-state index >= 15 is 0 Å². The van der Waals surface area contributed by atoms with Gasteiger partial charge >= 0.3 is 0 Å². The second kappa shape index (κ2) is 10.2. The Bertz CT molecular complexity index is 555. The maximum Gasteiger partial charge on any atom is 0.123 e. The van der Waals surface area contributed by atoms with E-state index in [4.69, 9.17) is 0 Å². The molecular weight excluding hydrogens is 296 g/mol. The predicted octanol–water partition coefficient (Wildman–Crippen LogP) is 6.31. The lowest BCUT2D eigenvalue weighted by atomic mass is 9.95. The summed E-state index contributed by atoms with van der Waals surface area (Å²) in [6, 6.07) is 3.63. The topological polar surface area (TPSA) is 40.5 Å². The van der Waals surface area contributed by atoms with Gasteiger partial charge in [0.2, 0.25) is 0 Å². The molecule has 1 aromatic carbocycles. The highest BCUT2D eigenvalue weighted by Gasteiger charge is 2.11. The van der Waals surface area contributed by atoms with Crippen molar-refractivity contribution in [1.82, 2.24) is 0 Å². The Morgan fingerprint density at radius 3 is 2.25 bits per heavy atom. The van der Waals surface area contributed by atoms with Gasteiger partial charge < -0.3 is 10.2 Å². The van der Waals surface area contributed by atoms with Crippen LogP contribution in [0.1, 0.15) is 71.4 Å². The number of allylic oxidation sites excluding steroid dienone is 4. The predicted molar refractivity (Wildman–Crippen MR) is 104 cm³/mol. The zero-order valence-electron chi connectivity index (χ0n) is 16.0. The summed E-state index contributed by atoms with van der Waals surface area (Å²) in [6.07, 6.45) is 10.2. The van der Waals surface area contributed by atoms with Crippen molar-refractivity contribution in [1.29, 1.82) is 0 Å². The second-order valence-electron chi connectivity index (χ2n) is 7.29. The minimum absolute atomic E-state index is 0.210. The summed E-state index contributed by atoms with van der Waals surface area (Å²) in [4.78, 5) is 0. The quantitative estimate of drug-likeness (QED) is 0.521. The van der Waals surface area contributed by atoms with Crippen LogP contribution in [0.15, 0.2) is 35.4 Å². The lowest BCUT2D eigenvalue weighted by molar-refractivity contribution is 0.437. The van der Waals surface area contributed by atoms with Gasteiger partial charge in [0.15, 0.2) is 0 Å². The van der Waals surface area contributed by atoms with Gasteiger partial charge in [-0.15, -0.1) is 0 Å². The van der Waals surface area contributed by atoms with Crippen molar-refractivity contribution >= 4 is 0 Å². The molecule has 0 saturated heterocycles. The molecular formula is C22H34O2. The van der Waals surface area contributed by atoms with Crippen LogP contribution in [0.25, 0.3) is 0 Å². The largest absolute Gasteiger partial charge is 0.508 e. The first-order valence-corrected chi connectivity index (χ1v) is 9.16. The molecule has 0 spiro atoms. The fourth-order valence-corrected chi connectivity index (χ4v) is 2.99. The number of phenols is 2. The Balaban J connectivity index is 2.74. The second-order valence-corrected chi connectivity index (χ2v) is 7.29. The maximum absolute atomic E-state index is 10.3. The smallest absolute Gasteiger partial charge is 0.123 e. The van der Waals surface area contributed by atoms with Crippen molar-refractivity contribution < 1.29 is 10.2 Å². The van der Waals surface area contributed by atoms with Crippen molar-refractivity contribution in [2.45, 2.75) is 73.1 Å². The van der Waals surface area contributed by atoms with Crippen LogP contribution in [0.2, 0.25) is 0 Å². The van der Waals surface area contributed by atoms with Crippen molar-refractivity contribution in [2.24, 2.45) is 5.92 Å². The van der Waals surface area contributed by atoms with Crippen LogP contribution < -0.4 is 0 Å². The van der Waals surface area contributed by atoms with Gasteiger partial charge in [0.05, 0.1) is 0 Å². The molecule has 24 heavy (non-hydrogen) atoms. The number of phenolic OH excluding ortho intramolecular Hbond substituents is 2. The third-order valence-corrected chi connectivity index (χ3v) is 4.37. The van der Waals surface area contributed by atoms with E-state index < -0.39 is 0 Å². The molecule has 1 unspecified atom stereocenters.